The summed E-state index contributed by atoms with van der Waals surface area (Å²) in [5.74, 6) is -2.51. The average molecular weight is 519 g/mol. The standard InChI is InChI=1S/C23H24ClFN6O5/c1-29-4-5-31-14(9-29)7-13(28-31)11-36-23(35)26-8-12-6-16(24)15-10-30(22(34)19(15)20(12)25)17-2-3-18(32)27-21(17)33/h6-7,17H,2-5,8-11H2,1H3,(H,26,35)(H,27,32,33). The van der Waals surface area contributed by atoms with Crippen LogP contribution in [-0.4, -0.2) is 63.0 Å². The summed E-state index contributed by atoms with van der Waals surface area (Å²) in [6, 6.07) is 2.34. The van der Waals surface area contributed by atoms with Gasteiger partial charge in [0.15, 0.2) is 0 Å². The van der Waals surface area contributed by atoms with Gasteiger partial charge in [0.05, 0.1) is 17.8 Å². The fraction of sp³-hybridized carbons (Fsp3) is 0.435. The number of fused-ring (bicyclic) bond motifs is 2. The Hall–Kier alpha value is -3.51. The normalized spacial score (nSPS) is 19.7. The molecule has 0 bridgehead atoms. The largest absolute Gasteiger partial charge is 0.443 e. The van der Waals surface area contributed by atoms with Crippen LogP contribution >= 0.6 is 11.6 Å². The summed E-state index contributed by atoms with van der Waals surface area (Å²) in [6.07, 6.45) is -0.534. The van der Waals surface area contributed by atoms with E-state index >= 15 is 4.39 Å². The number of aromatic nitrogens is 2. The first-order valence-electron chi connectivity index (χ1n) is 11.5. The van der Waals surface area contributed by atoms with Gasteiger partial charge in [0.2, 0.25) is 11.8 Å². The molecular weight excluding hydrogens is 495 g/mol. The second-order valence-electron chi connectivity index (χ2n) is 9.10. The van der Waals surface area contributed by atoms with Crippen LogP contribution in [0, 0.1) is 5.82 Å². The molecule has 2 aromatic rings. The van der Waals surface area contributed by atoms with Crippen molar-refractivity contribution in [1.29, 1.82) is 0 Å². The van der Waals surface area contributed by atoms with Crippen LogP contribution in [0.1, 0.15) is 45.7 Å². The summed E-state index contributed by atoms with van der Waals surface area (Å²) in [6.45, 7) is 2.07. The lowest BCUT2D eigenvalue weighted by Gasteiger charge is -2.29. The lowest BCUT2D eigenvalue weighted by Crippen LogP contribution is -2.52. The first kappa shape index (κ1) is 24.2. The second kappa shape index (κ2) is 9.51. The van der Waals surface area contributed by atoms with Gasteiger partial charge in [0.25, 0.3) is 5.91 Å². The third-order valence-electron chi connectivity index (χ3n) is 6.60. The Morgan fingerprint density at radius 2 is 2.08 bits per heavy atom. The molecule has 3 aliphatic heterocycles. The van der Waals surface area contributed by atoms with Gasteiger partial charge in [-0.15, -0.1) is 0 Å². The second-order valence-corrected chi connectivity index (χ2v) is 9.51. The molecule has 4 heterocycles. The topological polar surface area (TPSA) is 126 Å². The van der Waals surface area contributed by atoms with Gasteiger partial charge in [-0.25, -0.2) is 9.18 Å². The van der Waals surface area contributed by atoms with E-state index in [-0.39, 0.29) is 54.3 Å². The number of hydrogen-bond donors (Lipinski definition) is 2. The number of halogens is 2. The lowest BCUT2D eigenvalue weighted by molar-refractivity contribution is -0.136. The van der Waals surface area contributed by atoms with Crippen LogP contribution in [0.25, 0.3) is 0 Å². The summed E-state index contributed by atoms with van der Waals surface area (Å²) in [4.78, 5) is 52.2. The molecule has 1 aromatic heterocycles. The number of hydrogen-bond acceptors (Lipinski definition) is 7. The first-order valence-corrected chi connectivity index (χ1v) is 11.9. The summed E-state index contributed by atoms with van der Waals surface area (Å²) in [7, 11) is 2.02. The lowest BCUT2D eigenvalue weighted by atomic mass is 10.0. The maximum Gasteiger partial charge on any atom is 0.407 e. The average Bonchev–Trinajstić information content (AvgIpc) is 3.40. The molecule has 11 nitrogen and oxygen atoms in total. The van der Waals surface area contributed by atoms with E-state index in [2.05, 4.69) is 20.6 Å². The quantitative estimate of drug-likeness (QED) is 0.571. The van der Waals surface area contributed by atoms with E-state index in [0.29, 0.717) is 5.69 Å². The zero-order valence-corrected chi connectivity index (χ0v) is 20.2. The fourth-order valence-corrected chi connectivity index (χ4v) is 5.01. The van der Waals surface area contributed by atoms with Gasteiger partial charge in [-0.2, -0.15) is 5.10 Å². The van der Waals surface area contributed by atoms with Crippen molar-refractivity contribution in [3.8, 4) is 0 Å². The zero-order chi connectivity index (χ0) is 25.6. The van der Waals surface area contributed by atoms with E-state index in [0.717, 1.165) is 25.3 Å². The summed E-state index contributed by atoms with van der Waals surface area (Å²) in [5, 5.41) is 9.24. The third kappa shape index (κ3) is 4.53. The fourth-order valence-electron chi connectivity index (χ4n) is 4.72. The van der Waals surface area contributed by atoms with Gasteiger partial charge in [0, 0.05) is 48.7 Å². The zero-order valence-electron chi connectivity index (χ0n) is 19.5. The van der Waals surface area contributed by atoms with Crippen LogP contribution in [0.5, 0.6) is 0 Å². The van der Waals surface area contributed by atoms with Crippen molar-refractivity contribution < 1.29 is 28.3 Å². The van der Waals surface area contributed by atoms with Crippen molar-refractivity contribution in [1.82, 2.24) is 30.2 Å². The molecule has 4 amide bonds. The molecule has 0 spiro atoms. The maximum atomic E-state index is 15.3. The number of carbonyl (C=O) groups is 4. The minimum atomic E-state index is -0.886. The highest BCUT2D eigenvalue weighted by atomic mass is 35.5. The molecule has 1 atom stereocenters. The Labute approximate surface area is 210 Å². The smallest absolute Gasteiger partial charge is 0.407 e. The molecule has 3 aliphatic rings. The van der Waals surface area contributed by atoms with Crippen molar-refractivity contribution in [2.75, 3.05) is 13.6 Å². The number of nitrogens with one attached hydrogen (secondary N) is 2. The Balaban J connectivity index is 1.22. The van der Waals surface area contributed by atoms with Gasteiger partial charge in [0.1, 0.15) is 24.2 Å². The van der Waals surface area contributed by atoms with Crippen LogP contribution < -0.4 is 10.6 Å². The summed E-state index contributed by atoms with van der Waals surface area (Å²) < 4.78 is 22.4. The number of rotatable bonds is 5. The molecular formula is C23H24ClFN6O5. The minimum absolute atomic E-state index is 0.00895. The number of benzene rings is 1. The van der Waals surface area contributed by atoms with Gasteiger partial charge in [-0.3, -0.25) is 29.3 Å². The number of amides is 4. The van der Waals surface area contributed by atoms with E-state index < -0.39 is 35.7 Å². The Morgan fingerprint density at radius 3 is 2.86 bits per heavy atom. The van der Waals surface area contributed by atoms with E-state index in [1.807, 2.05) is 17.8 Å². The van der Waals surface area contributed by atoms with Crippen molar-refractivity contribution in [3.05, 3.63) is 51.1 Å². The highest BCUT2D eigenvalue weighted by molar-refractivity contribution is 6.32. The molecule has 1 fully saturated rings. The molecule has 2 N–H and O–H groups in total. The predicted molar refractivity (Wildman–Crippen MR) is 123 cm³/mol. The summed E-state index contributed by atoms with van der Waals surface area (Å²) in [5.41, 5.74) is 1.69. The van der Waals surface area contributed by atoms with Crippen molar-refractivity contribution in [2.24, 2.45) is 0 Å². The molecule has 5 rings (SSSR count). The Kier molecular flexibility index (Phi) is 6.39. The Bertz CT molecular complexity index is 1280. The molecule has 0 radical (unpaired) electrons. The number of imide groups is 1. The van der Waals surface area contributed by atoms with Crippen molar-refractivity contribution in [2.45, 2.75) is 51.7 Å². The van der Waals surface area contributed by atoms with E-state index in [4.69, 9.17) is 16.3 Å². The summed E-state index contributed by atoms with van der Waals surface area (Å²) >= 11 is 6.33. The van der Waals surface area contributed by atoms with Crippen LogP contribution in [0.3, 0.4) is 0 Å². The van der Waals surface area contributed by atoms with Gasteiger partial charge >= 0.3 is 6.09 Å². The number of nitrogens with zero attached hydrogens (tertiary/aromatic N) is 4. The maximum absolute atomic E-state index is 15.3. The van der Waals surface area contributed by atoms with Gasteiger partial charge in [-0.05, 0) is 25.6 Å². The highest BCUT2D eigenvalue weighted by Gasteiger charge is 2.42. The van der Waals surface area contributed by atoms with Crippen LogP contribution in [0.2, 0.25) is 5.02 Å². The number of alkyl carbamates (subject to hydrolysis) is 1. The number of piperidine rings is 1. The van der Waals surface area contributed by atoms with Crippen LogP contribution in [0.4, 0.5) is 9.18 Å². The van der Waals surface area contributed by atoms with Crippen LogP contribution in [0.15, 0.2) is 12.1 Å². The van der Waals surface area contributed by atoms with Crippen molar-refractivity contribution >= 4 is 35.4 Å². The Morgan fingerprint density at radius 1 is 1.28 bits per heavy atom. The predicted octanol–water partition coefficient (Wildman–Crippen LogP) is 1.31. The molecule has 1 saturated heterocycles. The molecule has 1 unspecified atom stereocenters. The van der Waals surface area contributed by atoms with E-state index in [9.17, 15) is 19.2 Å². The molecule has 0 aliphatic carbocycles. The highest BCUT2D eigenvalue weighted by Crippen LogP contribution is 2.35. The molecule has 1 aromatic carbocycles. The molecule has 13 heteroatoms. The minimum Gasteiger partial charge on any atom is -0.443 e. The third-order valence-corrected chi connectivity index (χ3v) is 6.93. The number of carbonyl (C=O) groups excluding carboxylic acids is 4. The van der Waals surface area contributed by atoms with Gasteiger partial charge in [-0.1, -0.05) is 11.6 Å². The number of ether oxygens (including phenoxy) is 1. The van der Waals surface area contributed by atoms with E-state index in [1.165, 1.54) is 11.0 Å². The number of likely N-dealkylation sites (N-methyl/N-ethyl adjacent to an activating group) is 1. The van der Waals surface area contributed by atoms with Crippen molar-refractivity contribution in [3.63, 3.8) is 0 Å². The van der Waals surface area contributed by atoms with E-state index in [1.54, 1.807) is 0 Å². The first-order chi connectivity index (χ1) is 17.2. The molecule has 36 heavy (non-hydrogen) atoms. The van der Waals surface area contributed by atoms with Gasteiger partial charge < -0.3 is 15.0 Å². The molecule has 190 valence electrons. The van der Waals surface area contributed by atoms with Crippen LogP contribution in [-0.2, 0) is 47.1 Å². The SMILES string of the molecule is CN1CCn2nc(COC(=O)NCc3cc(Cl)c4c(c3F)C(=O)N(C3CCC(=O)NC3=O)C4)cc2C1. The molecule has 0 saturated carbocycles. The monoisotopic (exact) mass is 518 g/mol.